The van der Waals surface area contributed by atoms with Gasteiger partial charge in [-0.3, -0.25) is 0 Å². The average Bonchev–Trinajstić information content (AvgIpc) is 2.74. The Labute approximate surface area is 164 Å². The van der Waals surface area contributed by atoms with Crippen molar-refractivity contribution in [1.29, 1.82) is 0 Å². The lowest BCUT2D eigenvalue weighted by Crippen LogP contribution is -2.46. The highest BCUT2D eigenvalue weighted by Crippen LogP contribution is 2.20. The van der Waals surface area contributed by atoms with Crippen molar-refractivity contribution in [2.45, 2.75) is 13.5 Å². The average molecular weight is 377 g/mol. The van der Waals surface area contributed by atoms with E-state index >= 15 is 0 Å². The molecule has 0 saturated carbocycles. The van der Waals surface area contributed by atoms with Gasteiger partial charge in [-0.05, 0) is 42.8 Å². The Bertz CT molecular complexity index is 903. The number of halogens is 1. The van der Waals surface area contributed by atoms with Crippen LogP contribution in [0.4, 0.5) is 21.8 Å². The van der Waals surface area contributed by atoms with Crippen LogP contribution in [0.2, 0.25) is 0 Å². The normalized spacial score (nSPS) is 14.2. The molecule has 3 aromatic rings. The molecule has 1 aliphatic heterocycles. The lowest BCUT2D eigenvalue weighted by atomic mass is 10.1. The van der Waals surface area contributed by atoms with E-state index in [9.17, 15) is 4.39 Å². The number of nitrogens with one attached hydrogen (secondary N) is 1. The van der Waals surface area contributed by atoms with Crippen molar-refractivity contribution >= 4 is 17.5 Å². The number of hydrogen-bond donors (Lipinski definition) is 1. The summed E-state index contributed by atoms with van der Waals surface area (Å²) in [6.45, 7) is 6.27. The molecular formula is C22H24FN5. The molecule has 0 aliphatic carbocycles. The minimum absolute atomic E-state index is 0.200. The fraction of sp³-hybridized carbons (Fsp3) is 0.273. The fourth-order valence-electron chi connectivity index (χ4n) is 3.34. The molecule has 6 heteroatoms. The Balaban J connectivity index is 1.35. The third-order valence-electron chi connectivity index (χ3n) is 5.01. The molecule has 1 aromatic heterocycles. The van der Waals surface area contributed by atoms with Crippen molar-refractivity contribution < 1.29 is 4.39 Å². The molecule has 2 heterocycles. The van der Waals surface area contributed by atoms with Crippen LogP contribution in [0.25, 0.3) is 0 Å². The second kappa shape index (κ2) is 8.25. The Kier molecular flexibility index (Phi) is 5.37. The van der Waals surface area contributed by atoms with Crippen LogP contribution in [-0.2, 0) is 6.54 Å². The largest absolute Gasteiger partial charge is 0.368 e. The van der Waals surface area contributed by atoms with Gasteiger partial charge in [-0.2, -0.15) is 4.98 Å². The molecule has 1 N–H and O–H groups in total. The van der Waals surface area contributed by atoms with Crippen LogP contribution in [0.5, 0.6) is 0 Å². The van der Waals surface area contributed by atoms with Gasteiger partial charge in [0.2, 0.25) is 5.95 Å². The molecule has 144 valence electrons. The highest BCUT2D eigenvalue weighted by atomic mass is 19.1. The molecule has 28 heavy (non-hydrogen) atoms. The molecular weight excluding hydrogens is 353 g/mol. The van der Waals surface area contributed by atoms with Crippen molar-refractivity contribution in [1.82, 2.24) is 9.97 Å². The maximum Gasteiger partial charge on any atom is 0.224 e. The summed E-state index contributed by atoms with van der Waals surface area (Å²) in [5.41, 5.74) is 3.51. The Morgan fingerprint density at radius 2 is 1.57 bits per heavy atom. The van der Waals surface area contributed by atoms with E-state index in [2.05, 4.69) is 56.3 Å². The molecule has 0 amide bonds. The molecule has 2 aromatic carbocycles. The summed E-state index contributed by atoms with van der Waals surface area (Å²) < 4.78 is 13.1. The van der Waals surface area contributed by atoms with Crippen molar-refractivity contribution in [3.05, 3.63) is 77.7 Å². The summed E-state index contributed by atoms with van der Waals surface area (Å²) in [7, 11) is 0. The topological polar surface area (TPSA) is 44.3 Å². The molecule has 4 rings (SSSR count). The van der Waals surface area contributed by atoms with Crippen LogP contribution in [0, 0.1) is 12.7 Å². The quantitative estimate of drug-likeness (QED) is 0.731. The lowest BCUT2D eigenvalue weighted by molar-refractivity contribution is 0.624. The molecule has 0 radical (unpaired) electrons. The first kappa shape index (κ1) is 18.2. The minimum atomic E-state index is -0.200. The summed E-state index contributed by atoms with van der Waals surface area (Å²) >= 11 is 0. The zero-order chi connectivity index (χ0) is 19.3. The van der Waals surface area contributed by atoms with E-state index < -0.39 is 0 Å². The molecule has 1 fully saturated rings. The number of rotatable bonds is 5. The zero-order valence-electron chi connectivity index (χ0n) is 16.0. The van der Waals surface area contributed by atoms with Gasteiger partial charge in [0.25, 0.3) is 0 Å². The molecule has 1 aliphatic rings. The van der Waals surface area contributed by atoms with Crippen molar-refractivity contribution in [2.24, 2.45) is 0 Å². The van der Waals surface area contributed by atoms with Crippen LogP contribution >= 0.6 is 0 Å². The molecule has 1 saturated heterocycles. The summed E-state index contributed by atoms with van der Waals surface area (Å²) in [4.78, 5) is 13.6. The van der Waals surface area contributed by atoms with Crippen molar-refractivity contribution in [3.8, 4) is 0 Å². The first-order chi connectivity index (χ1) is 13.7. The SMILES string of the molecule is Cc1ccc(CNc2nccc(N3CCN(c4ccc(F)cc4)CC3)n2)cc1. The van der Waals surface area contributed by atoms with Crippen LogP contribution < -0.4 is 15.1 Å². The first-order valence-corrected chi connectivity index (χ1v) is 9.55. The standard InChI is InChI=1S/C22H24FN5/c1-17-2-4-18(5-3-17)16-25-22-24-11-10-21(26-22)28-14-12-27(13-15-28)20-8-6-19(23)7-9-20/h2-11H,12-16H2,1H3,(H,24,25,26). The van der Waals surface area contributed by atoms with Gasteiger partial charge in [0, 0.05) is 44.6 Å². The van der Waals surface area contributed by atoms with E-state index in [1.165, 1.54) is 23.3 Å². The van der Waals surface area contributed by atoms with Crippen LogP contribution in [0.15, 0.2) is 60.8 Å². The number of nitrogens with zero attached hydrogens (tertiary/aromatic N) is 4. The maximum absolute atomic E-state index is 13.1. The van der Waals surface area contributed by atoms with Gasteiger partial charge in [0.05, 0.1) is 0 Å². The smallest absolute Gasteiger partial charge is 0.224 e. The first-order valence-electron chi connectivity index (χ1n) is 9.55. The summed E-state index contributed by atoms with van der Waals surface area (Å²) in [6, 6.07) is 17.1. The number of hydrogen-bond acceptors (Lipinski definition) is 5. The predicted molar refractivity (Wildman–Crippen MR) is 111 cm³/mol. The molecule has 5 nitrogen and oxygen atoms in total. The second-order valence-corrected chi connectivity index (χ2v) is 7.03. The number of piperazine rings is 1. The van der Waals surface area contributed by atoms with E-state index in [1.54, 1.807) is 6.20 Å². The lowest BCUT2D eigenvalue weighted by Gasteiger charge is -2.36. The number of benzene rings is 2. The maximum atomic E-state index is 13.1. The number of aryl methyl sites for hydroxylation is 1. The van der Waals surface area contributed by atoms with Gasteiger partial charge in [-0.25, -0.2) is 9.37 Å². The Hall–Kier alpha value is -3.15. The zero-order valence-corrected chi connectivity index (χ0v) is 16.0. The molecule has 0 bridgehead atoms. The fourth-order valence-corrected chi connectivity index (χ4v) is 3.34. The van der Waals surface area contributed by atoms with E-state index in [0.29, 0.717) is 12.5 Å². The van der Waals surface area contributed by atoms with Gasteiger partial charge in [0.15, 0.2) is 0 Å². The minimum Gasteiger partial charge on any atom is -0.368 e. The van der Waals surface area contributed by atoms with E-state index in [-0.39, 0.29) is 5.82 Å². The second-order valence-electron chi connectivity index (χ2n) is 7.03. The summed E-state index contributed by atoms with van der Waals surface area (Å²) in [5.74, 6) is 1.37. The van der Waals surface area contributed by atoms with Crippen molar-refractivity contribution in [2.75, 3.05) is 41.3 Å². The Morgan fingerprint density at radius 1 is 0.893 bits per heavy atom. The Morgan fingerprint density at radius 3 is 2.29 bits per heavy atom. The van der Waals surface area contributed by atoms with E-state index in [1.807, 2.05) is 18.2 Å². The van der Waals surface area contributed by atoms with Crippen LogP contribution in [0.3, 0.4) is 0 Å². The third kappa shape index (κ3) is 4.39. The highest BCUT2D eigenvalue weighted by Gasteiger charge is 2.18. The molecule has 0 atom stereocenters. The van der Waals surface area contributed by atoms with E-state index in [4.69, 9.17) is 0 Å². The van der Waals surface area contributed by atoms with Crippen molar-refractivity contribution in [3.63, 3.8) is 0 Å². The molecule has 0 spiro atoms. The summed E-state index contributed by atoms with van der Waals surface area (Å²) in [6.07, 6.45) is 1.80. The molecule has 0 unspecified atom stereocenters. The highest BCUT2D eigenvalue weighted by molar-refractivity contribution is 5.50. The third-order valence-corrected chi connectivity index (χ3v) is 5.01. The van der Waals surface area contributed by atoms with Gasteiger partial charge in [-0.15, -0.1) is 0 Å². The van der Waals surface area contributed by atoms with E-state index in [0.717, 1.165) is 37.7 Å². The van der Waals surface area contributed by atoms with Gasteiger partial charge in [-0.1, -0.05) is 29.8 Å². The monoisotopic (exact) mass is 377 g/mol. The van der Waals surface area contributed by atoms with Gasteiger partial charge in [0.1, 0.15) is 11.6 Å². The number of aromatic nitrogens is 2. The predicted octanol–water partition coefficient (Wildman–Crippen LogP) is 3.86. The van der Waals surface area contributed by atoms with Crippen LogP contribution in [0.1, 0.15) is 11.1 Å². The van der Waals surface area contributed by atoms with Gasteiger partial charge >= 0.3 is 0 Å². The van der Waals surface area contributed by atoms with Crippen LogP contribution in [-0.4, -0.2) is 36.1 Å². The number of anilines is 3. The van der Waals surface area contributed by atoms with Gasteiger partial charge < -0.3 is 15.1 Å². The summed E-state index contributed by atoms with van der Waals surface area (Å²) in [5, 5.41) is 3.30.